The number of carbonyl (C=O) groups excluding carboxylic acids is 2. The molecule has 2 aliphatic heterocycles. The second kappa shape index (κ2) is 5.57. The minimum absolute atomic E-state index is 0.292. The lowest BCUT2D eigenvalue weighted by Gasteiger charge is -2.34. The van der Waals surface area contributed by atoms with Crippen molar-refractivity contribution in [3.8, 4) is 0 Å². The van der Waals surface area contributed by atoms with Crippen LogP contribution in [0.2, 0.25) is 0 Å². The molecule has 0 bridgehead atoms. The van der Waals surface area contributed by atoms with E-state index in [0.717, 1.165) is 5.56 Å². The Morgan fingerprint density at radius 1 is 1.09 bits per heavy atom. The number of nitrogens with zero attached hydrogens (tertiary/aromatic N) is 5. The molecule has 0 aliphatic carbocycles. The summed E-state index contributed by atoms with van der Waals surface area (Å²) in [6, 6.07) is 3.64. The Morgan fingerprint density at radius 3 is 2.30 bits per heavy atom. The summed E-state index contributed by atoms with van der Waals surface area (Å²) in [6.07, 6.45) is 4.17. The summed E-state index contributed by atoms with van der Waals surface area (Å²) >= 11 is 0. The molecule has 0 saturated heterocycles. The first kappa shape index (κ1) is 15.3. The van der Waals surface area contributed by atoms with Crippen LogP contribution < -0.4 is 0 Å². The van der Waals surface area contributed by atoms with Crippen molar-refractivity contribution in [2.45, 2.75) is 33.6 Å². The molecule has 0 unspecified atom stereocenters. The van der Waals surface area contributed by atoms with E-state index in [1.165, 1.54) is 5.01 Å². The van der Waals surface area contributed by atoms with Gasteiger partial charge < -0.3 is 0 Å². The van der Waals surface area contributed by atoms with Gasteiger partial charge in [0.25, 0.3) is 11.8 Å². The van der Waals surface area contributed by atoms with Gasteiger partial charge in [-0.3, -0.25) is 19.5 Å². The summed E-state index contributed by atoms with van der Waals surface area (Å²) in [7, 11) is 0. The molecule has 0 spiro atoms. The SMILES string of the molecule is CCN1C(c2ccncc2)=NN2C(=O)C(CC)(CC)C(=O)N=C12. The van der Waals surface area contributed by atoms with Gasteiger partial charge >= 0.3 is 0 Å². The van der Waals surface area contributed by atoms with Crippen molar-refractivity contribution in [1.29, 1.82) is 0 Å². The lowest BCUT2D eigenvalue weighted by Crippen LogP contribution is -2.54. The third kappa shape index (κ3) is 2.07. The van der Waals surface area contributed by atoms with E-state index in [9.17, 15) is 9.59 Å². The lowest BCUT2D eigenvalue weighted by atomic mass is 9.79. The first-order valence-electron chi connectivity index (χ1n) is 7.83. The number of aromatic nitrogens is 1. The van der Waals surface area contributed by atoms with Gasteiger partial charge in [-0.05, 0) is 31.9 Å². The van der Waals surface area contributed by atoms with Crippen LogP contribution in [0.15, 0.2) is 34.6 Å². The average molecular weight is 313 g/mol. The third-order valence-electron chi connectivity index (χ3n) is 4.56. The van der Waals surface area contributed by atoms with E-state index in [1.807, 2.05) is 32.9 Å². The van der Waals surface area contributed by atoms with Crippen LogP contribution in [0.25, 0.3) is 0 Å². The number of guanidine groups is 1. The van der Waals surface area contributed by atoms with Crippen molar-refractivity contribution in [2.24, 2.45) is 15.5 Å². The number of hydrazone groups is 1. The highest BCUT2D eigenvalue weighted by Crippen LogP contribution is 2.36. The standard InChI is InChI=1S/C16H19N5O2/c1-4-16(5-2)13(22)18-15-20(6-3)12(19-21(15)14(16)23)11-7-9-17-10-8-11/h7-10H,4-6H2,1-3H3. The zero-order chi connectivity index (χ0) is 16.6. The van der Waals surface area contributed by atoms with Crippen molar-refractivity contribution >= 4 is 23.6 Å². The van der Waals surface area contributed by atoms with Crippen LogP contribution >= 0.6 is 0 Å². The van der Waals surface area contributed by atoms with Crippen LogP contribution in [0.1, 0.15) is 39.2 Å². The fourth-order valence-electron chi connectivity index (χ4n) is 3.00. The number of amides is 2. The van der Waals surface area contributed by atoms with Crippen molar-refractivity contribution < 1.29 is 9.59 Å². The number of hydrogen-bond donors (Lipinski definition) is 0. The maximum Gasteiger partial charge on any atom is 0.265 e. The fraction of sp³-hybridized carbons (Fsp3) is 0.438. The Hall–Kier alpha value is -2.57. The summed E-state index contributed by atoms with van der Waals surface area (Å²) in [6.45, 7) is 6.16. The van der Waals surface area contributed by atoms with E-state index in [2.05, 4.69) is 15.1 Å². The molecule has 1 aromatic heterocycles. The molecule has 0 radical (unpaired) electrons. The van der Waals surface area contributed by atoms with Gasteiger partial charge in [-0.25, -0.2) is 0 Å². The lowest BCUT2D eigenvalue weighted by molar-refractivity contribution is -0.148. The molecule has 1 aromatic rings. The summed E-state index contributed by atoms with van der Waals surface area (Å²) in [5.74, 6) is 0.244. The molecule has 7 heteroatoms. The number of amidine groups is 1. The minimum atomic E-state index is -1.10. The first-order valence-corrected chi connectivity index (χ1v) is 7.83. The molecule has 3 rings (SSSR count). The molecule has 0 saturated carbocycles. The van der Waals surface area contributed by atoms with Gasteiger partial charge in [0.2, 0.25) is 5.96 Å². The number of hydrogen-bond acceptors (Lipinski definition) is 5. The van der Waals surface area contributed by atoms with Gasteiger partial charge in [0, 0.05) is 24.5 Å². The molecule has 0 atom stereocenters. The number of aliphatic imine (C=N–C) groups is 1. The normalized spacial score (nSPS) is 19.6. The van der Waals surface area contributed by atoms with Gasteiger partial charge in [0.15, 0.2) is 5.84 Å². The molecule has 120 valence electrons. The zero-order valence-corrected chi connectivity index (χ0v) is 13.5. The van der Waals surface area contributed by atoms with Crippen LogP contribution in [0.3, 0.4) is 0 Å². The average Bonchev–Trinajstić information content (AvgIpc) is 2.95. The minimum Gasteiger partial charge on any atom is -0.293 e. The molecule has 0 N–H and O–H groups in total. The number of carbonyl (C=O) groups is 2. The molecule has 7 nitrogen and oxygen atoms in total. The highest BCUT2D eigenvalue weighted by atomic mass is 16.2. The third-order valence-corrected chi connectivity index (χ3v) is 4.56. The summed E-state index contributed by atoms with van der Waals surface area (Å²) < 4.78 is 0. The van der Waals surface area contributed by atoms with Gasteiger partial charge in [0.05, 0.1) is 0 Å². The molecule has 0 aromatic carbocycles. The first-order chi connectivity index (χ1) is 11.1. The van der Waals surface area contributed by atoms with Crippen LogP contribution in [-0.4, -0.2) is 45.0 Å². The molecular weight excluding hydrogens is 294 g/mol. The van der Waals surface area contributed by atoms with E-state index < -0.39 is 5.41 Å². The van der Waals surface area contributed by atoms with Crippen molar-refractivity contribution in [3.63, 3.8) is 0 Å². The molecule has 3 heterocycles. The molecule has 2 aliphatic rings. The van der Waals surface area contributed by atoms with Crippen LogP contribution in [0.4, 0.5) is 0 Å². The van der Waals surface area contributed by atoms with Gasteiger partial charge in [-0.1, -0.05) is 13.8 Å². The predicted octanol–water partition coefficient (Wildman–Crippen LogP) is 1.61. The summed E-state index contributed by atoms with van der Waals surface area (Å²) in [4.78, 5) is 35.4. The maximum absolute atomic E-state index is 12.9. The largest absolute Gasteiger partial charge is 0.293 e. The van der Waals surface area contributed by atoms with Gasteiger partial charge in [0.1, 0.15) is 5.41 Å². The van der Waals surface area contributed by atoms with Crippen LogP contribution in [0, 0.1) is 5.41 Å². The van der Waals surface area contributed by atoms with E-state index in [-0.39, 0.29) is 11.8 Å². The van der Waals surface area contributed by atoms with E-state index in [1.54, 1.807) is 17.3 Å². The van der Waals surface area contributed by atoms with Crippen molar-refractivity contribution in [1.82, 2.24) is 14.9 Å². The van der Waals surface area contributed by atoms with Crippen LogP contribution in [-0.2, 0) is 9.59 Å². The van der Waals surface area contributed by atoms with Crippen LogP contribution in [0.5, 0.6) is 0 Å². The number of rotatable bonds is 4. The Bertz CT molecular complexity index is 706. The number of pyridine rings is 1. The Morgan fingerprint density at radius 2 is 1.74 bits per heavy atom. The Kier molecular flexibility index (Phi) is 3.71. The second-order valence-corrected chi connectivity index (χ2v) is 5.53. The fourth-order valence-corrected chi connectivity index (χ4v) is 3.00. The summed E-state index contributed by atoms with van der Waals surface area (Å²) in [5, 5.41) is 5.74. The quantitative estimate of drug-likeness (QED) is 0.791. The maximum atomic E-state index is 12.9. The van der Waals surface area contributed by atoms with Gasteiger partial charge in [-0.2, -0.15) is 10.0 Å². The number of fused-ring (bicyclic) bond motifs is 1. The Balaban J connectivity index is 2.11. The monoisotopic (exact) mass is 313 g/mol. The zero-order valence-electron chi connectivity index (χ0n) is 13.5. The second-order valence-electron chi connectivity index (χ2n) is 5.53. The van der Waals surface area contributed by atoms with E-state index in [4.69, 9.17) is 0 Å². The van der Waals surface area contributed by atoms with Crippen molar-refractivity contribution in [2.75, 3.05) is 6.54 Å². The highest BCUT2D eigenvalue weighted by Gasteiger charge is 2.53. The van der Waals surface area contributed by atoms with Gasteiger partial charge in [-0.15, -0.1) is 5.10 Å². The molecule has 23 heavy (non-hydrogen) atoms. The summed E-state index contributed by atoms with van der Waals surface area (Å²) in [5.41, 5.74) is -0.266. The van der Waals surface area contributed by atoms with E-state index >= 15 is 0 Å². The molecule has 0 fully saturated rings. The van der Waals surface area contributed by atoms with Crippen molar-refractivity contribution in [3.05, 3.63) is 30.1 Å². The smallest absolute Gasteiger partial charge is 0.265 e. The van der Waals surface area contributed by atoms with E-state index in [0.29, 0.717) is 31.2 Å². The highest BCUT2D eigenvalue weighted by molar-refractivity contribution is 6.24. The topological polar surface area (TPSA) is 78.2 Å². The molecular formula is C16H19N5O2. The predicted molar refractivity (Wildman–Crippen MR) is 85.5 cm³/mol. The molecule has 2 amide bonds. The Labute approximate surface area is 134 Å².